The Morgan fingerprint density at radius 2 is 1.70 bits per heavy atom. The average molecular weight is 498 g/mol. The molecule has 0 unspecified atom stereocenters. The van der Waals surface area contributed by atoms with Gasteiger partial charge in [0.05, 0.1) is 16.5 Å². The molecule has 1 heterocycles. The molecule has 1 saturated heterocycles. The molecule has 2 aromatic carbocycles. The molecule has 12 heteroatoms. The Bertz CT molecular complexity index is 1130. The molecule has 2 N–H and O–H groups in total. The number of carbonyl (C=O) groups is 3. The highest BCUT2D eigenvalue weighted by molar-refractivity contribution is 7.89. The SMILES string of the molecule is O=C(COC(=O)C1CCN(S(=O)(=O)c2ccc(Cl)cc2)CC1)NC(=O)Nc1ccccc1F. The quantitative estimate of drug-likeness (QED) is 0.592. The summed E-state index contributed by atoms with van der Waals surface area (Å²) < 4.78 is 45.1. The molecular formula is C21H21ClFN3O6S. The zero-order chi connectivity index (χ0) is 24.0. The normalized spacial score (nSPS) is 15.0. The van der Waals surface area contributed by atoms with Crippen molar-refractivity contribution in [3.8, 4) is 0 Å². The standard InChI is InChI=1S/C21H21ClFN3O6S/c22-15-5-7-16(8-6-15)33(30,31)26-11-9-14(10-12-26)20(28)32-13-19(27)25-21(29)24-18-4-2-1-3-17(18)23/h1-8,14H,9-13H2,(H2,24,25,27,29). The van der Waals surface area contributed by atoms with Crippen LogP contribution in [0.3, 0.4) is 0 Å². The molecule has 33 heavy (non-hydrogen) atoms. The van der Waals surface area contributed by atoms with E-state index in [1.165, 1.54) is 46.8 Å². The van der Waals surface area contributed by atoms with E-state index in [4.69, 9.17) is 16.3 Å². The lowest BCUT2D eigenvalue weighted by Gasteiger charge is -2.30. The first-order chi connectivity index (χ1) is 15.7. The monoisotopic (exact) mass is 497 g/mol. The van der Waals surface area contributed by atoms with Gasteiger partial charge in [-0.1, -0.05) is 23.7 Å². The second-order valence-corrected chi connectivity index (χ2v) is 9.60. The maximum Gasteiger partial charge on any atom is 0.326 e. The van der Waals surface area contributed by atoms with Crippen molar-refractivity contribution in [1.29, 1.82) is 0 Å². The zero-order valence-corrected chi connectivity index (χ0v) is 18.9. The number of anilines is 1. The van der Waals surface area contributed by atoms with Crippen LogP contribution in [0, 0.1) is 11.7 Å². The van der Waals surface area contributed by atoms with E-state index in [9.17, 15) is 27.2 Å². The second kappa shape index (κ2) is 10.7. The van der Waals surface area contributed by atoms with Gasteiger partial charge in [0.15, 0.2) is 6.61 Å². The van der Waals surface area contributed by atoms with Gasteiger partial charge >= 0.3 is 12.0 Å². The highest BCUT2D eigenvalue weighted by Crippen LogP contribution is 2.25. The van der Waals surface area contributed by atoms with Crippen LogP contribution in [0.2, 0.25) is 5.02 Å². The molecule has 3 amide bonds. The van der Waals surface area contributed by atoms with Gasteiger partial charge in [-0.05, 0) is 49.2 Å². The van der Waals surface area contributed by atoms with Crippen molar-refractivity contribution in [3.05, 3.63) is 59.4 Å². The van der Waals surface area contributed by atoms with Crippen LogP contribution in [0.4, 0.5) is 14.9 Å². The first-order valence-corrected chi connectivity index (χ1v) is 11.8. The minimum Gasteiger partial charge on any atom is -0.455 e. The Morgan fingerprint density at radius 3 is 2.33 bits per heavy atom. The summed E-state index contributed by atoms with van der Waals surface area (Å²) in [6, 6.07) is 10.2. The molecule has 2 aromatic rings. The van der Waals surface area contributed by atoms with Crippen LogP contribution in [0.5, 0.6) is 0 Å². The van der Waals surface area contributed by atoms with E-state index in [1.807, 2.05) is 5.32 Å². The van der Waals surface area contributed by atoms with Gasteiger partial charge in [-0.3, -0.25) is 14.9 Å². The summed E-state index contributed by atoms with van der Waals surface area (Å²) in [5.41, 5.74) is -0.111. The summed E-state index contributed by atoms with van der Waals surface area (Å²) in [5.74, 6) is -2.80. The van der Waals surface area contributed by atoms with Crippen LogP contribution in [0.1, 0.15) is 12.8 Å². The number of hydrogen-bond donors (Lipinski definition) is 2. The Hall–Kier alpha value is -3.02. The third-order valence-electron chi connectivity index (χ3n) is 4.96. The van der Waals surface area contributed by atoms with E-state index in [0.29, 0.717) is 5.02 Å². The molecule has 1 fully saturated rings. The van der Waals surface area contributed by atoms with Gasteiger partial charge in [0, 0.05) is 18.1 Å². The Labute approximate surface area is 194 Å². The number of halogens is 2. The van der Waals surface area contributed by atoms with Crippen molar-refractivity contribution in [2.45, 2.75) is 17.7 Å². The van der Waals surface area contributed by atoms with Gasteiger partial charge in [0.2, 0.25) is 10.0 Å². The fraction of sp³-hybridized carbons (Fsp3) is 0.286. The third kappa shape index (κ3) is 6.50. The molecule has 0 aromatic heterocycles. The number of amides is 3. The minimum absolute atomic E-state index is 0.109. The highest BCUT2D eigenvalue weighted by atomic mass is 35.5. The molecule has 1 aliphatic heterocycles. The second-order valence-electron chi connectivity index (χ2n) is 7.22. The predicted molar refractivity (Wildman–Crippen MR) is 117 cm³/mol. The van der Waals surface area contributed by atoms with Crippen LogP contribution in [-0.2, 0) is 24.3 Å². The number of nitrogens with zero attached hydrogens (tertiary/aromatic N) is 1. The Balaban J connectivity index is 1.43. The van der Waals surface area contributed by atoms with Crippen molar-refractivity contribution in [1.82, 2.24) is 9.62 Å². The summed E-state index contributed by atoms with van der Waals surface area (Å²) >= 11 is 5.80. The van der Waals surface area contributed by atoms with Gasteiger partial charge in [-0.15, -0.1) is 0 Å². The summed E-state index contributed by atoms with van der Waals surface area (Å²) in [6.45, 7) is -0.475. The molecule has 0 atom stereocenters. The van der Waals surface area contributed by atoms with E-state index < -0.39 is 46.3 Å². The Kier molecular flexibility index (Phi) is 8.01. The van der Waals surface area contributed by atoms with Gasteiger partial charge in [0.25, 0.3) is 5.91 Å². The number of piperidine rings is 1. The van der Waals surface area contributed by atoms with Gasteiger partial charge in [-0.25, -0.2) is 17.6 Å². The number of imide groups is 1. The number of urea groups is 1. The fourth-order valence-electron chi connectivity index (χ4n) is 3.22. The molecular weight excluding hydrogens is 477 g/mol. The van der Waals surface area contributed by atoms with E-state index in [-0.39, 0.29) is 36.5 Å². The summed E-state index contributed by atoms with van der Waals surface area (Å²) in [7, 11) is -3.71. The topological polar surface area (TPSA) is 122 Å². The Morgan fingerprint density at radius 1 is 1.06 bits per heavy atom. The number of ether oxygens (including phenoxy) is 1. The first kappa shape index (κ1) is 24.6. The smallest absolute Gasteiger partial charge is 0.326 e. The molecule has 1 aliphatic rings. The third-order valence-corrected chi connectivity index (χ3v) is 7.12. The number of rotatable bonds is 6. The number of benzene rings is 2. The minimum atomic E-state index is -3.71. The molecule has 176 valence electrons. The van der Waals surface area contributed by atoms with Crippen molar-refractivity contribution in [2.75, 3.05) is 25.0 Å². The molecule has 3 rings (SSSR count). The number of esters is 1. The van der Waals surface area contributed by atoms with E-state index in [0.717, 1.165) is 6.07 Å². The van der Waals surface area contributed by atoms with Crippen molar-refractivity contribution in [3.63, 3.8) is 0 Å². The molecule has 0 bridgehead atoms. The van der Waals surface area contributed by atoms with E-state index in [2.05, 4.69) is 5.32 Å². The first-order valence-electron chi connectivity index (χ1n) is 9.94. The van der Waals surface area contributed by atoms with Crippen LogP contribution in [0.25, 0.3) is 0 Å². The van der Waals surface area contributed by atoms with Gasteiger partial charge in [0.1, 0.15) is 5.82 Å². The highest BCUT2D eigenvalue weighted by Gasteiger charge is 2.33. The maximum atomic E-state index is 13.5. The van der Waals surface area contributed by atoms with Crippen molar-refractivity contribution >= 4 is 45.2 Å². The van der Waals surface area contributed by atoms with Crippen LogP contribution in [-0.4, -0.2) is 50.3 Å². The number of nitrogens with one attached hydrogen (secondary N) is 2. The van der Waals surface area contributed by atoms with E-state index >= 15 is 0 Å². The molecule has 9 nitrogen and oxygen atoms in total. The van der Waals surface area contributed by atoms with E-state index in [1.54, 1.807) is 0 Å². The summed E-state index contributed by atoms with van der Waals surface area (Å²) in [6.07, 6.45) is 0.447. The predicted octanol–water partition coefficient (Wildman–Crippen LogP) is 2.77. The van der Waals surface area contributed by atoms with Crippen LogP contribution >= 0.6 is 11.6 Å². The molecule has 0 aliphatic carbocycles. The molecule has 0 radical (unpaired) electrons. The maximum absolute atomic E-state index is 13.5. The fourth-order valence-corrected chi connectivity index (χ4v) is 4.82. The van der Waals surface area contributed by atoms with Crippen LogP contribution < -0.4 is 10.6 Å². The zero-order valence-electron chi connectivity index (χ0n) is 17.3. The number of carbonyl (C=O) groups excluding carboxylic acids is 3. The largest absolute Gasteiger partial charge is 0.455 e. The number of para-hydroxylation sites is 1. The lowest BCUT2D eigenvalue weighted by molar-refractivity contribution is -0.153. The summed E-state index contributed by atoms with van der Waals surface area (Å²) in [4.78, 5) is 36.0. The molecule has 0 spiro atoms. The van der Waals surface area contributed by atoms with Crippen molar-refractivity contribution in [2.24, 2.45) is 5.92 Å². The van der Waals surface area contributed by atoms with Crippen LogP contribution in [0.15, 0.2) is 53.4 Å². The van der Waals surface area contributed by atoms with Gasteiger partial charge in [-0.2, -0.15) is 4.31 Å². The number of sulfonamides is 1. The van der Waals surface area contributed by atoms with Crippen molar-refractivity contribution < 1.29 is 31.9 Å². The lowest BCUT2D eigenvalue weighted by atomic mass is 9.98. The average Bonchev–Trinajstić information content (AvgIpc) is 2.79. The summed E-state index contributed by atoms with van der Waals surface area (Å²) in [5, 5.41) is 4.53. The van der Waals surface area contributed by atoms with Gasteiger partial charge < -0.3 is 10.1 Å². The lowest BCUT2D eigenvalue weighted by Crippen LogP contribution is -2.41. The number of hydrogen-bond acceptors (Lipinski definition) is 6. The molecule has 0 saturated carbocycles.